The molecular weight excluding hydrogens is 252 g/mol. The number of benzene rings is 1. The first-order valence-electron chi connectivity index (χ1n) is 5.97. The molecule has 2 N–H and O–H groups in total. The molecular formula is C13H18O6. The highest BCUT2D eigenvalue weighted by Gasteiger charge is 2.06. The highest BCUT2D eigenvalue weighted by Crippen LogP contribution is 2.12. The fourth-order valence-corrected chi connectivity index (χ4v) is 1.29. The molecule has 0 bridgehead atoms. The molecule has 0 radical (unpaired) electrons. The summed E-state index contributed by atoms with van der Waals surface area (Å²) in [6.07, 6.45) is 0. The van der Waals surface area contributed by atoms with Crippen molar-refractivity contribution >= 4 is 5.97 Å². The topological polar surface area (TPSA) is 85.2 Å². The number of hydrogen-bond acceptors (Lipinski definition) is 6. The summed E-state index contributed by atoms with van der Waals surface area (Å²) in [5.41, 5.74) is 0.415. The van der Waals surface area contributed by atoms with Gasteiger partial charge in [0, 0.05) is 0 Å². The van der Waals surface area contributed by atoms with Gasteiger partial charge in [0.25, 0.3) is 0 Å². The van der Waals surface area contributed by atoms with E-state index in [0.717, 1.165) is 0 Å². The molecule has 0 spiro atoms. The monoisotopic (exact) mass is 270 g/mol. The Morgan fingerprint density at radius 1 is 0.947 bits per heavy atom. The van der Waals surface area contributed by atoms with Gasteiger partial charge < -0.3 is 24.4 Å². The van der Waals surface area contributed by atoms with Crippen LogP contribution in [0.3, 0.4) is 0 Å². The molecule has 0 aliphatic rings. The number of rotatable bonds is 9. The van der Waals surface area contributed by atoms with Gasteiger partial charge in [0.1, 0.15) is 19.0 Å². The van der Waals surface area contributed by atoms with Crippen LogP contribution in [0, 0.1) is 0 Å². The molecule has 1 aromatic carbocycles. The van der Waals surface area contributed by atoms with E-state index >= 15 is 0 Å². The average Bonchev–Trinajstić information content (AvgIpc) is 2.45. The van der Waals surface area contributed by atoms with Crippen molar-refractivity contribution in [3.63, 3.8) is 0 Å². The third kappa shape index (κ3) is 6.19. The molecule has 106 valence electrons. The maximum absolute atomic E-state index is 11.6. The van der Waals surface area contributed by atoms with Crippen LogP contribution < -0.4 is 4.74 Å². The first-order chi connectivity index (χ1) is 9.27. The Kier molecular flexibility index (Phi) is 7.57. The molecule has 0 saturated carbocycles. The summed E-state index contributed by atoms with van der Waals surface area (Å²) in [6, 6.07) is 6.44. The molecule has 1 aromatic rings. The van der Waals surface area contributed by atoms with E-state index in [4.69, 9.17) is 24.4 Å². The van der Waals surface area contributed by atoms with E-state index in [1.54, 1.807) is 24.3 Å². The second kappa shape index (κ2) is 9.32. The highest BCUT2D eigenvalue weighted by molar-refractivity contribution is 5.89. The largest absolute Gasteiger partial charge is 0.491 e. The number of carbonyl (C=O) groups is 1. The number of ether oxygens (including phenoxy) is 3. The van der Waals surface area contributed by atoms with Gasteiger partial charge in [-0.05, 0) is 24.3 Å². The summed E-state index contributed by atoms with van der Waals surface area (Å²) >= 11 is 0. The van der Waals surface area contributed by atoms with E-state index in [0.29, 0.717) is 11.3 Å². The Bertz CT molecular complexity index is 362. The van der Waals surface area contributed by atoms with Gasteiger partial charge in [0.2, 0.25) is 0 Å². The first-order valence-corrected chi connectivity index (χ1v) is 5.97. The summed E-state index contributed by atoms with van der Waals surface area (Å²) in [5.74, 6) is 0.137. The number of hydrogen-bond donors (Lipinski definition) is 2. The molecule has 6 heteroatoms. The van der Waals surface area contributed by atoms with Gasteiger partial charge in [-0.2, -0.15) is 0 Å². The minimum Gasteiger partial charge on any atom is -0.491 e. The fourth-order valence-electron chi connectivity index (χ4n) is 1.29. The van der Waals surface area contributed by atoms with Crippen molar-refractivity contribution in [1.82, 2.24) is 0 Å². The van der Waals surface area contributed by atoms with Crippen LogP contribution in [0.4, 0.5) is 0 Å². The van der Waals surface area contributed by atoms with Crippen LogP contribution in [0.5, 0.6) is 5.75 Å². The Hall–Kier alpha value is -1.63. The second-order valence-electron chi connectivity index (χ2n) is 3.57. The molecule has 0 aliphatic carbocycles. The lowest BCUT2D eigenvalue weighted by Gasteiger charge is -2.07. The van der Waals surface area contributed by atoms with E-state index < -0.39 is 5.97 Å². The van der Waals surface area contributed by atoms with Crippen LogP contribution in [-0.4, -0.2) is 55.8 Å². The third-order valence-electron chi connectivity index (χ3n) is 2.15. The normalized spacial score (nSPS) is 10.2. The molecule has 0 saturated heterocycles. The van der Waals surface area contributed by atoms with Crippen LogP contribution in [0.25, 0.3) is 0 Å². The lowest BCUT2D eigenvalue weighted by molar-refractivity contribution is 0.0258. The maximum Gasteiger partial charge on any atom is 0.338 e. The summed E-state index contributed by atoms with van der Waals surface area (Å²) in [4.78, 5) is 11.6. The predicted molar refractivity (Wildman–Crippen MR) is 67.2 cm³/mol. The van der Waals surface area contributed by atoms with Gasteiger partial charge in [-0.15, -0.1) is 0 Å². The standard InChI is InChI=1S/C13H18O6/c14-5-7-17-9-10-19-13(16)11-1-3-12(4-2-11)18-8-6-15/h1-4,14-15H,5-10H2. The van der Waals surface area contributed by atoms with Gasteiger partial charge in [0.15, 0.2) is 0 Å². The van der Waals surface area contributed by atoms with Crippen LogP contribution >= 0.6 is 0 Å². The Labute approximate surface area is 111 Å². The molecule has 0 aromatic heterocycles. The summed E-state index contributed by atoms with van der Waals surface area (Å²) in [7, 11) is 0. The molecule has 0 aliphatic heterocycles. The predicted octanol–water partition coefficient (Wildman–Crippen LogP) is 0.223. The molecule has 0 amide bonds. The zero-order valence-corrected chi connectivity index (χ0v) is 10.6. The maximum atomic E-state index is 11.6. The third-order valence-corrected chi connectivity index (χ3v) is 2.15. The van der Waals surface area contributed by atoms with Gasteiger partial charge in [-0.25, -0.2) is 4.79 Å². The Morgan fingerprint density at radius 3 is 2.26 bits per heavy atom. The molecule has 6 nitrogen and oxygen atoms in total. The van der Waals surface area contributed by atoms with Crippen LogP contribution in [0.2, 0.25) is 0 Å². The van der Waals surface area contributed by atoms with Crippen molar-refractivity contribution in [1.29, 1.82) is 0 Å². The van der Waals surface area contributed by atoms with Crippen LogP contribution in [-0.2, 0) is 9.47 Å². The SMILES string of the molecule is O=C(OCCOCCO)c1ccc(OCCO)cc1. The van der Waals surface area contributed by atoms with Gasteiger partial charge >= 0.3 is 5.97 Å². The van der Waals surface area contributed by atoms with E-state index in [1.807, 2.05) is 0 Å². The van der Waals surface area contributed by atoms with Gasteiger partial charge in [0.05, 0.1) is 32.0 Å². The number of esters is 1. The lowest BCUT2D eigenvalue weighted by Crippen LogP contribution is -2.12. The molecule has 1 rings (SSSR count). The highest BCUT2D eigenvalue weighted by atomic mass is 16.6. The smallest absolute Gasteiger partial charge is 0.338 e. The Morgan fingerprint density at radius 2 is 1.63 bits per heavy atom. The average molecular weight is 270 g/mol. The Balaban J connectivity index is 2.32. The van der Waals surface area contributed by atoms with Crippen LogP contribution in [0.1, 0.15) is 10.4 Å². The van der Waals surface area contributed by atoms with E-state index in [9.17, 15) is 4.79 Å². The van der Waals surface area contributed by atoms with E-state index in [-0.39, 0.29) is 39.6 Å². The van der Waals surface area contributed by atoms with Crippen molar-refractivity contribution in [2.45, 2.75) is 0 Å². The second-order valence-corrected chi connectivity index (χ2v) is 3.57. The quantitative estimate of drug-likeness (QED) is 0.493. The minimum atomic E-state index is -0.443. The molecule has 0 fully saturated rings. The number of aliphatic hydroxyl groups is 2. The zero-order valence-electron chi connectivity index (χ0n) is 10.6. The summed E-state index contributed by atoms with van der Waals surface area (Å²) in [5, 5.41) is 17.1. The summed E-state index contributed by atoms with van der Waals surface area (Å²) in [6.45, 7) is 0.729. The molecule has 19 heavy (non-hydrogen) atoms. The molecule has 0 heterocycles. The van der Waals surface area contributed by atoms with Crippen LogP contribution in [0.15, 0.2) is 24.3 Å². The van der Waals surface area contributed by atoms with E-state index in [2.05, 4.69) is 0 Å². The summed E-state index contributed by atoms with van der Waals surface area (Å²) < 4.78 is 15.1. The van der Waals surface area contributed by atoms with Crippen molar-refractivity contribution in [3.05, 3.63) is 29.8 Å². The minimum absolute atomic E-state index is 0.0523. The first kappa shape index (κ1) is 15.4. The van der Waals surface area contributed by atoms with Crippen molar-refractivity contribution in [2.75, 3.05) is 39.6 Å². The van der Waals surface area contributed by atoms with Crippen molar-refractivity contribution in [2.24, 2.45) is 0 Å². The van der Waals surface area contributed by atoms with Crippen molar-refractivity contribution < 1.29 is 29.2 Å². The van der Waals surface area contributed by atoms with Crippen molar-refractivity contribution in [3.8, 4) is 5.75 Å². The zero-order chi connectivity index (χ0) is 13.9. The lowest BCUT2D eigenvalue weighted by atomic mass is 10.2. The molecule has 0 atom stereocenters. The van der Waals surface area contributed by atoms with Gasteiger partial charge in [-0.3, -0.25) is 0 Å². The number of carbonyl (C=O) groups excluding carboxylic acids is 1. The molecule has 0 unspecified atom stereocenters. The van der Waals surface area contributed by atoms with E-state index in [1.165, 1.54) is 0 Å². The fraction of sp³-hybridized carbons (Fsp3) is 0.462. The van der Waals surface area contributed by atoms with Gasteiger partial charge in [-0.1, -0.05) is 0 Å². The number of aliphatic hydroxyl groups excluding tert-OH is 2.